The average molecular weight is 470 g/mol. The molecule has 2 atom stereocenters. The molecule has 2 unspecified atom stereocenters. The van der Waals surface area contributed by atoms with Gasteiger partial charge in [-0.15, -0.1) is 0 Å². The van der Waals surface area contributed by atoms with Gasteiger partial charge in [0.25, 0.3) is 0 Å². The van der Waals surface area contributed by atoms with Crippen LogP contribution in [-0.2, 0) is 20.7 Å². The molecule has 1 amide bonds. The number of benzene rings is 3. The number of carbonyl (C=O) groups is 2. The van der Waals surface area contributed by atoms with Crippen molar-refractivity contribution in [2.45, 2.75) is 19.4 Å². The fourth-order valence-electron chi connectivity index (χ4n) is 4.83. The number of esters is 1. The molecule has 0 aliphatic carbocycles. The number of carbonyl (C=O) groups excluding carboxylic acids is 2. The van der Waals surface area contributed by atoms with Crippen LogP contribution in [0.1, 0.15) is 24.1 Å². The predicted molar refractivity (Wildman–Crippen MR) is 133 cm³/mol. The van der Waals surface area contributed by atoms with Crippen LogP contribution in [0.15, 0.2) is 78.9 Å². The molecule has 4 aromatic rings. The summed E-state index contributed by atoms with van der Waals surface area (Å²) in [6.07, 6.45) is 0.630. The molecule has 35 heavy (non-hydrogen) atoms. The van der Waals surface area contributed by atoms with Crippen LogP contribution in [0.25, 0.3) is 11.0 Å². The number of methoxy groups -OCH3 is 1. The van der Waals surface area contributed by atoms with Crippen LogP contribution in [0, 0.1) is 5.92 Å². The van der Waals surface area contributed by atoms with E-state index in [4.69, 9.17) is 14.5 Å². The molecule has 5 rings (SSSR count). The van der Waals surface area contributed by atoms with Crippen molar-refractivity contribution in [3.05, 3.63) is 90.0 Å². The standard InChI is InChI=1S/C28H27N3O4/c1-3-35-27(33)24-25(20-13-7-10-16-23(20)34-2)31-22-15-9-8-14-21(22)29-28(31)30(26(24)32)18-17-19-11-5-4-6-12-19/h4-16,24-25H,3,17-18H2,1-2H3. The van der Waals surface area contributed by atoms with Crippen molar-refractivity contribution in [1.82, 2.24) is 9.55 Å². The van der Waals surface area contributed by atoms with Gasteiger partial charge in [-0.2, -0.15) is 0 Å². The van der Waals surface area contributed by atoms with E-state index in [-0.39, 0.29) is 12.5 Å². The highest BCUT2D eigenvalue weighted by Crippen LogP contribution is 2.43. The normalized spacial score (nSPS) is 17.3. The molecule has 0 radical (unpaired) electrons. The Morgan fingerprint density at radius 3 is 2.46 bits per heavy atom. The molecule has 0 saturated heterocycles. The molecule has 1 aromatic heterocycles. The van der Waals surface area contributed by atoms with Gasteiger partial charge < -0.3 is 14.0 Å². The first-order valence-corrected chi connectivity index (χ1v) is 11.8. The summed E-state index contributed by atoms with van der Waals surface area (Å²) in [5, 5.41) is 0. The Balaban J connectivity index is 1.71. The molecule has 178 valence electrons. The van der Waals surface area contributed by atoms with Crippen LogP contribution < -0.4 is 9.64 Å². The minimum Gasteiger partial charge on any atom is -0.496 e. The Morgan fingerprint density at radius 2 is 1.69 bits per heavy atom. The van der Waals surface area contributed by atoms with E-state index in [2.05, 4.69) is 0 Å². The zero-order valence-corrected chi connectivity index (χ0v) is 19.8. The van der Waals surface area contributed by atoms with Gasteiger partial charge in [0.15, 0.2) is 5.92 Å². The first-order valence-electron chi connectivity index (χ1n) is 11.8. The number of nitrogens with zero attached hydrogens (tertiary/aromatic N) is 3. The van der Waals surface area contributed by atoms with E-state index >= 15 is 0 Å². The van der Waals surface area contributed by atoms with E-state index in [1.54, 1.807) is 18.9 Å². The number of rotatable bonds is 7. The topological polar surface area (TPSA) is 73.7 Å². The zero-order valence-electron chi connectivity index (χ0n) is 19.8. The Labute approximate surface area is 203 Å². The third-order valence-corrected chi connectivity index (χ3v) is 6.41. The third-order valence-electron chi connectivity index (χ3n) is 6.41. The molecule has 7 nitrogen and oxygen atoms in total. The van der Waals surface area contributed by atoms with Gasteiger partial charge in [0, 0.05) is 12.1 Å². The molecule has 7 heteroatoms. The maximum Gasteiger partial charge on any atom is 0.321 e. The molecule has 0 fully saturated rings. The molecule has 0 spiro atoms. The molecule has 0 N–H and O–H groups in total. The number of ether oxygens (including phenoxy) is 2. The Morgan fingerprint density at radius 1 is 0.971 bits per heavy atom. The van der Waals surface area contributed by atoms with Gasteiger partial charge in [-0.3, -0.25) is 14.5 Å². The van der Waals surface area contributed by atoms with E-state index in [0.29, 0.717) is 24.7 Å². The highest BCUT2D eigenvalue weighted by Gasteiger charge is 2.48. The van der Waals surface area contributed by atoms with Gasteiger partial charge in [0.1, 0.15) is 5.75 Å². The number of aromatic nitrogens is 2. The highest BCUT2D eigenvalue weighted by atomic mass is 16.5. The lowest BCUT2D eigenvalue weighted by Crippen LogP contribution is -2.50. The largest absolute Gasteiger partial charge is 0.496 e. The quantitative estimate of drug-likeness (QED) is 0.296. The molecule has 0 saturated carbocycles. The summed E-state index contributed by atoms with van der Waals surface area (Å²) in [6.45, 7) is 2.32. The molecular weight excluding hydrogens is 442 g/mol. The van der Waals surface area contributed by atoms with Crippen molar-refractivity contribution in [3.8, 4) is 5.75 Å². The SMILES string of the molecule is CCOC(=O)C1C(=O)N(CCc2ccccc2)c2nc3ccccc3n2C1c1ccccc1OC. The van der Waals surface area contributed by atoms with Crippen LogP contribution >= 0.6 is 0 Å². The van der Waals surface area contributed by atoms with Crippen LogP contribution in [0.2, 0.25) is 0 Å². The van der Waals surface area contributed by atoms with Crippen molar-refractivity contribution in [2.75, 3.05) is 25.2 Å². The number of hydrogen-bond acceptors (Lipinski definition) is 5. The summed E-state index contributed by atoms with van der Waals surface area (Å²) in [6, 6.07) is 24.5. The predicted octanol–water partition coefficient (Wildman–Crippen LogP) is 4.40. The molecule has 1 aliphatic rings. The summed E-state index contributed by atoms with van der Waals surface area (Å²) in [5.74, 6) is -0.837. The van der Waals surface area contributed by atoms with E-state index in [1.807, 2.05) is 83.4 Å². The third kappa shape index (κ3) is 4.03. The van der Waals surface area contributed by atoms with E-state index in [0.717, 1.165) is 22.2 Å². The minimum atomic E-state index is -1.08. The lowest BCUT2D eigenvalue weighted by molar-refractivity contribution is -0.153. The number of imidazole rings is 1. The Hall–Kier alpha value is -4.13. The highest BCUT2D eigenvalue weighted by molar-refractivity contribution is 6.08. The first-order chi connectivity index (χ1) is 17.1. The lowest BCUT2D eigenvalue weighted by atomic mass is 9.88. The second-order valence-electron chi connectivity index (χ2n) is 8.41. The number of amides is 1. The lowest BCUT2D eigenvalue weighted by Gasteiger charge is -2.38. The second kappa shape index (κ2) is 9.62. The van der Waals surface area contributed by atoms with Crippen LogP contribution in [0.5, 0.6) is 5.75 Å². The number of hydrogen-bond donors (Lipinski definition) is 0. The van der Waals surface area contributed by atoms with E-state index < -0.39 is 17.9 Å². The molecule has 1 aliphatic heterocycles. The summed E-state index contributed by atoms with van der Waals surface area (Å²) >= 11 is 0. The van der Waals surface area contributed by atoms with Crippen molar-refractivity contribution in [3.63, 3.8) is 0 Å². The maximum atomic E-state index is 14.0. The summed E-state index contributed by atoms with van der Waals surface area (Å²) in [5.41, 5.74) is 3.42. The van der Waals surface area contributed by atoms with Gasteiger partial charge in [-0.25, -0.2) is 4.98 Å². The summed E-state index contributed by atoms with van der Waals surface area (Å²) in [7, 11) is 1.59. The summed E-state index contributed by atoms with van der Waals surface area (Å²) in [4.78, 5) is 33.8. The molecule has 3 aromatic carbocycles. The average Bonchev–Trinajstić information content (AvgIpc) is 3.27. The fourth-order valence-corrected chi connectivity index (χ4v) is 4.83. The minimum absolute atomic E-state index is 0.183. The van der Waals surface area contributed by atoms with Gasteiger partial charge in [0.05, 0.1) is 30.8 Å². The van der Waals surface area contributed by atoms with Crippen molar-refractivity contribution < 1.29 is 19.1 Å². The van der Waals surface area contributed by atoms with Crippen molar-refractivity contribution in [2.24, 2.45) is 5.92 Å². The second-order valence-corrected chi connectivity index (χ2v) is 8.41. The Bertz CT molecular complexity index is 1370. The van der Waals surface area contributed by atoms with Crippen molar-refractivity contribution >= 4 is 28.9 Å². The number of para-hydroxylation sites is 3. The number of anilines is 1. The zero-order chi connectivity index (χ0) is 24.4. The van der Waals surface area contributed by atoms with Gasteiger partial charge in [0.2, 0.25) is 11.9 Å². The number of fused-ring (bicyclic) bond motifs is 3. The van der Waals surface area contributed by atoms with Gasteiger partial charge in [-0.1, -0.05) is 60.7 Å². The van der Waals surface area contributed by atoms with Crippen LogP contribution in [-0.4, -0.2) is 41.7 Å². The van der Waals surface area contributed by atoms with Crippen LogP contribution in [0.4, 0.5) is 5.95 Å². The first kappa shape index (κ1) is 22.7. The van der Waals surface area contributed by atoms with Crippen molar-refractivity contribution in [1.29, 1.82) is 0 Å². The fraction of sp³-hybridized carbons (Fsp3) is 0.250. The van der Waals surface area contributed by atoms with E-state index in [9.17, 15) is 9.59 Å². The molecule has 2 heterocycles. The van der Waals surface area contributed by atoms with Gasteiger partial charge >= 0.3 is 5.97 Å². The Kier molecular flexibility index (Phi) is 6.23. The smallest absolute Gasteiger partial charge is 0.321 e. The van der Waals surface area contributed by atoms with Crippen LogP contribution in [0.3, 0.4) is 0 Å². The molecular formula is C28H27N3O4. The monoisotopic (exact) mass is 469 g/mol. The van der Waals surface area contributed by atoms with Gasteiger partial charge in [-0.05, 0) is 37.1 Å². The van der Waals surface area contributed by atoms with E-state index in [1.165, 1.54) is 0 Å². The summed E-state index contributed by atoms with van der Waals surface area (Å²) < 4.78 is 13.1. The molecule has 0 bridgehead atoms. The maximum absolute atomic E-state index is 14.0.